The highest BCUT2D eigenvalue weighted by Gasteiger charge is 2.32. The lowest BCUT2D eigenvalue weighted by Gasteiger charge is -2.29. The van der Waals surface area contributed by atoms with E-state index in [0.717, 1.165) is 10.4 Å². The van der Waals surface area contributed by atoms with Crippen LogP contribution in [0.15, 0.2) is 35.1 Å². The molecule has 1 aliphatic rings. The Morgan fingerprint density at radius 3 is 2.60 bits per heavy atom. The molecule has 0 radical (unpaired) electrons. The van der Waals surface area contributed by atoms with Crippen LogP contribution >= 0.6 is 11.3 Å². The Morgan fingerprint density at radius 1 is 1.20 bits per heavy atom. The first-order valence-corrected chi connectivity index (χ1v) is 10.3. The van der Waals surface area contributed by atoms with Crippen LogP contribution in [0.2, 0.25) is 0 Å². The van der Waals surface area contributed by atoms with Crippen molar-refractivity contribution in [3.8, 4) is 11.3 Å². The number of halogens is 1. The number of aromatic nitrogens is 2. The molecule has 154 valence electrons. The first-order valence-electron chi connectivity index (χ1n) is 9.47. The van der Waals surface area contributed by atoms with Crippen molar-refractivity contribution in [1.29, 1.82) is 0 Å². The van der Waals surface area contributed by atoms with Gasteiger partial charge in [-0.15, -0.1) is 11.3 Å². The van der Waals surface area contributed by atoms with Crippen LogP contribution in [0.5, 0.6) is 0 Å². The first-order chi connectivity index (χ1) is 14.1. The normalized spacial score (nSPS) is 15.0. The molecule has 1 amide bonds. The predicted octanol–water partition coefficient (Wildman–Crippen LogP) is 4.35. The number of nitrogens with one attached hydrogen (secondary N) is 2. The second kappa shape index (κ2) is 7.28. The Labute approximate surface area is 176 Å². The lowest BCUT2D eigenvalue weighted by molar-refractivity contribution is 0.0910. The van der Waals surface area contributed by atoms with Crippen LogP contribution in [0.25, 0.3) is 11.3 Å². The fourth-order valence-electron chi connectivity index (χ4n) is 3.69. The van der Waals surface area contributed by atoms with Gasteiger partial charge in [-0.05, 0) is 49.1 Å². The molecule has 3 aromatic rings. The van der Waals surface area contributed by atoms with Crippen LogP contribution in [0, 0.1) is 18.2 Å². The number of rotatable bonds is 3. The lowest BCUT2D eigenvalue weighted by Crippen LogP contribution is -2.32. The molecule has 30 heavy (non-hydrogen) atoms. The van der Waals surface area contributed by atoms with Crippen molar-refractivity contribution < 1.29 is 14.0 Å². The molecule has 0 saturated carbocycles. The number of aryl methyl sites for hydroxylation is 1. The maximum absolute atomic E-state index is 13.2. The number of anilines is 1. The molecule has 2 heterocycles. The Hall–Kier alpha value is -3.13. The first kappa shape index (κ1) is 20.2. The van der Waals surface area contributed by atoms with Crippen LogP contribution in [0.4, 0.5) is 9.52 Å². The standard InChI is InChI=1S/C22H20FN3O3S/c1-11-18(12-4-6-13(23)7-5-12)25-21(30-11)26-20(29)15-8-14-16(24-19(15)28)9-22(2,3)10-17(14)27/h4-8H,9-10H2,1-3H3,(H,24,28)(H,25,26,29). The Balaban J connectivity index is 1.62. The summed E-state index contributed by atoms with van der Waals surface area (Å²) in [4.78, 5) is 45.7. The van der Waals surface area contributed by atoms with Gasteiger partial charge >= 0.3 is 0 Å². The van der Waals surface area contributed by atoms with Crippen LogP contribution < -0.4 is 10.9 Å². The zero-order valence-electron chi connectivity index (χ0n) is 16.8. The number of thiazole rings is 1. The van der Waals surface area contributed by atoms with Gasteiger partial charge in [0.05, 0.1) is 5.69 Å². The number of H-pyrrole nitrogens is 1. The topological polar surface area (TPSA) is 91.9 Å². The van der Waals surface area contributed by atoms with E-state index in [1.807, 2.05) is 20.8 Å². The highest BCUT2D eigenvalue weighted by atomic mass is 32.1. The molecule has 0 atom stereocenters. The maximum Gasteiger partial charge on any atom is 0.263 e. The molecule has 1 aromatic carbocycles. The van der Waals surface area contributed by atoms with Gasteiger partial charge < -0.3 is 4.98 Å². The van der Waals surface area contributed by atoms with Crippen LogP contribution in [0.3, 0.4) is 0 Å². The number of fused-ring (bicyclic) bond motifs is 1. The molecule has 0 fully saturated rings. The molecule has 8 heteroatoms. The molecule has 0 unspecified atom stereocenters. The molecule has 0 saturated heterocycles. The molecular weight excluding hydrogens is 405 g/mol. The van der Waals surface area contributed by atoms with Gasteiger partial charge in [-0.2, -0.15) is 0 Å². The van der Waals surface area contributed by atoms with Crippen molar-refractivity contribution in [2.45, 2.75) is 33.6 Å². The number of benzene rings is 1. The predicted molar refractivity (Wildman–Crippen MR) is 114 cm³/mol. The summed E-state index contributed by atoms with van der Waals surface area (Å²) in [7, 11) is 0. The molecule has 4 rings (SSSR count). The highest BCUT2D eigenvalue weighted by Crippen LogP contribution is 2.34. The number of carbonyl (C=O) groups excluding carboxylic acids is 2. The summed E-state index contributed by atoms with van der Waals surface area (Å²) >= 11 is 1.26. The van der Waals surface area contributed by atoms with E-state index in [2.05, 4.69) is 15.3 Å². The molecular formula is C22H20FN3O3S. The number of nitrogens with zero attached hydrogens (tertiary/aromatic N) is 1. The second-order valence-electron chi connectivity index (χ2n) is 8.23. The summed E-state index contributed by atoms with van der Waals surface area (Å²) in [5, 5.41) is 2.96. The molecule has 1 aliphatic carbocycles. The minimum atomic E-state index is -0.629. The average Bonchev–Trinajstić information content (AvgIpc) is 3.00. The molecule has 0 spiro atoms. The van der Waals surface area contributed by atoms with Crippen LogP contribution in [0.1, 0.15) is 51.6 Å². The summed E-state index contributed by atoms with van der Waals surface area (Å²) in [6.07, 6.45) is 0.928. The van der Waals surface area contributed by atoms with E-state index < -0.39 is 11.5 Å². The van der Waals surface area contributed by atoms with E-state index in [9.17, 15) is 18.8 Å². The third-order valence-corrected chi connectivity index (χ3v) is 5.98. The van der Waals surface area contributed by atoms with E-state index in [1.165, 1.54) is 29.5 Å². The van der Waals surface area contributed by atoms with Crippen molar-refractivity contribution >= 4 is 28.2 Å². The number of aromatic amines is 1. The second-order valence-corrected chi connectivity index (χ2v) is 9.43. The van der Waals surface area contributed by atoms with Gasteiger partial charge in [-0.1, -0.05) is 13.8 Å². The minimum absolute atomic E-state index is 0.0877. The van der Waals surface area contributed by atoms with E-state index in [4.69, 9.17) is 0 Å². The molecule has 0 aliphatic heterocycles. The number of ketones is 1. The van der Waals surface area contributed by atoms with Crippen LogP contribution in [-0.4, -0.2) is 21.7 Å². The summed E-state index contributed by atoms with van der Waals surface area (Å²) in [5.41, 5.74) is 1.42. The number of carbonyl (C=O) groups is 2. The fourth-order valence-corrected chi connectivity index (χ4v) is 4.52. The Morgan fingerprint density at radius 2 is 1.90 bits per heavy atom. The van der Waals surface area contributed by atoms with Crippen molar-refractivity contribution in [2.24, 2.45) is 5.41 Å². The Bertz CT molecular complexity index is 1230. The summed E-state index contributed by atoms with van der Waals surface area (Å²) in [6, 6.07) is 7.30. The lowest BCUT2D eigenvalue weighted by atomic mass is 9.75. The quantitative estimate of drug-likeness (QED) is 0.652. The van der Waals surface area contributed by atoms with Crippen LogP contribution in [-0.2, 0) is 6.42 Å². The number of hydrogen-bond acceptors (Lipinski definition) is 5. The number of pyridine rings is 1. The van der Waals surface area contributed by atoms with Gasteiger partial charge in [0.2, 0.25) is 0 Å². The smallest absolute Gasteiger partial charge is 0.263 e. The fraction of sp³-hybridized carbons (Fsp3) is 0.273. The maximum atomic E-state index is 13.2. The van der Waals surface area contributed by atoms with Gasteiger partial charge in [-0.25, -0.2) is 9.37 Å². The van der Waals surface area contributed by atoms with E-state index >= 15 is 0 Å². The molecule has 2 aromatic heterocycles. The van der Waals surface area contributed by atoms with Gasteiger partial charge in [0.25, 0.3) is 11.5 Å². The van der Waals surface area contributed by atoms with Gasteiger partial charge in [0.1, 0.15) is 11.4 Å². The number of amides is 1. The third kappa shape index (κ3) is 3.82. The summed E-state index contributed by atoms with van der Waals surface area (Å²) < 4.78 is 13.2. The van der Waals surface area contributed by atoms with E-state index in [1.54, 1.807) is 12.1 Å². The third-order valence-electron chi connectivity index (χ3n) is 5.10. The molecule has 2 N–H and O–H groups in total. The minimum Gasteiger partial charge on any atom is -0.325 e. The van der Waals surface area contributed by atoms with Crippen molar-refractivity contribution in [1.82, 2.24) is 9.97 Å². The summed E-state index contributed by atoms with van der Waals surface area (Å²) in [5.74, 6) is -1.06. The largest absolute Gasteiger partial charge is 0.325 e. The number of hydrogen-bond donors (Lipinski definition) is 2. The van der Waals surface area contributed by atoms with Crippen molar-refractivity contribution in [3.63, 3.8) is 0 Å². The van der Waals surface area contributed by atoms with Crippen molar-refractivity contribution in [2.75, 3.05) is 5.32 Å². The molecule has 6 nitrogen and oxygen atoms in total. The highest BCUT2D eigenvalue weighted by molar-refractivity contribution is 7.16. The van der Waals surface area contributed by atoms with E-state index in [-0.39, 0.29) is 22.6 Å². The van der Waals surface area contributed by atoms with E-state index in [0.29, 0.717) is 34.9 Å². The Kier molecular flexibility index (Phi) is 4.89. The zero-order valence-corrected chi connectivity index (χ0v) is 17.6. The summed E-state index contributed by atoms with van der Waals surface area (Å²) in [6.45, 7) is 5.78. The molecule has 0 bridgehead atoms. The van der Waals surface area contributed by atoms with Gasteiger partial charge in [0.15, 0.2) is 10.9 Å². The average molecular weight is 425 g/mol. The SMILES string of the molecule is Cc1sc(NC(=O)c2cc3c([nH]c2=O)CC(C)(C)CC3=O)nc1-c1ccc(F)cc1. The van der Waals surface area contributed by atoms with Gasteiger partial charge in [0, 0.05) is 28.1 Å². The monoisotopic (exact) mass is 425 g/mol. The number of Topliss-reactive ketones (excluding diaryl/α,β-unsaturated/α-hetero) is 1. The zero-order chi connectivity index (χ0) is 21.6. The van der Waals surface area contributed by atoms with Gasteiger partial charge in [-0.3, -0.25) is 19.7 Å². The van der Waals surface area contributed by atoms with Crippen molar-refractivity contribution in [3.05, 3.63) is 68.2 Å².